The predicted octanol–water partition coefficient (Wildman–Crippen LogP) is 4.51. The number of pyridine rings is 1. The van der Waals surface area contributed by atoms with E-state index < -0.39 is 0 Å². The molecular formula is C21H20ClN5OS. The van der Waals surface area contributed by atoms with Crippen LogP contribution in [0.25, 0.3) is 0 Å². The van der Waals surface area contributed by atoms with Crippen LogP contribution < -0.4 is 5.32 Å². The van der Waals surface area contributed by atoms with Gasteiger partial charge in [0.05, 0.1) is 24.1 Å². The van der Waals surface area contributed by atoms with Gasteiger partial charge in [-0.1, -0.05) is 41.6 Å². The van der Waals surface area contributed by atoms with Gasteiger partial charge >= 0.3 is 0 Å². The summed E-state index contributed by atoms with van der Waals surface area (Å²) in [5.74, 6) is 0.527. The molecule has 0 unspecified atom stereocenters. The number of nitrogens with zero attached hydrogens (tertiary/aromatic N) is 4. The fourth-order valence-corrected chi connectivity index (χ4v) is 3.89. The van der Waals surface area contributed by atoms with E-state index in [1.54, 1.807) is 16.9 Å². The average molecular weight is 426 g/mol. The molecule has 1 N–H and O–H groups in total. The smallest absolute Gasteiger partial charge is 0.235 e. The zero-order valence-electron chi connectivity index (χ0n) is 16.4. The predicted molar refractivity (Wildman–Crippen MR) is 115 cm³/mol. The maximum Gasteiger partial charge on any atom is 0.235 e. The zero-order chi connectivity index (χ0) is 21.0. The van der Waals surface area contributed by atoms with Crippen LogP contribution in [0.15, 0.2) is 41.6 Å². The van der Waals surface area contributed by atoms with Gasteiger partial charge in [0.1, 0.15) is 16.9 Å². The minimum Gasteiger partial charge on any atom is -0.310 e. The highest BCUT2D eigenvalue weighted by Gasteiger charge is 2.15. The molecule has 8 heteroatoms. The topological polar surface area (TPSA) is 83.6 Å². The molecule has 1 amide bonds. The minimum atomic E-state index is -0.197. The van der Waals surface area contributed by atoms with E-state index in [1.165, 1.54) is 11.8 Å². The van der Waals surface area contributed by atoms with Crippen molar-refractivity contribution in [3.63, 3.8) is 0 Å². The van der Waals surface area contributed by atoms with Crippen molar-refractivity contribution >= 4 is 35.1 Å². The van der Waals surface area contributed by atoms with E-state index >= 15 is 0 Å². The molecule has 0 aliphatic rings. The standard InChI is InChI=1S/C21H20ClN5OS/c1-13-14(2)17(10-23)21(25-15(13)3)29-12-20(28)26-19-8-9-24-27(19)11-16-6-4-5-7-18(16)22/h4-9H,11-12H2,1-3H3,(H,26,28). The molecule has 0 saturated heterocycles. The van der Waals surface area contributed by atoms with Gasteiger partial charge in [0.2, 0.25) is 5.91 Å². The summed E-state index contributed by atoms with van der Waals surface area (Å²) in [4.78, 5) is 17.0. The van der Waals surface area contributed by atoms with E-state index in [0.717, 1.165) is 22.4 Å². The van der Waals surface area contributed by atoms with Gasteiger partial charge in [-0.25, -0.2) is 9.67 Å². The Kier molecular flexibility index (Phi) is 6.57. The number of aryl methyl sites for hydroxylation is 1. The Morgan fingerprint density at radius 3 is 2.72 bits per heavy atom. The Morgan fingerprint density at radius 1 is 1.24 bits per heavy atom. The van der Waals surface area contributed by atoms with Crippen LogP contribution in [-0.2, 0) is 11.3 Å². The average Bonchev–Trinajstić information content (AvgIpc) is 3.13. The van der Waals surface area contributed by atoms with Crippen LogP contribution in [0.5, 0.6) is 0 Å². The number of nitriles is 1. The lowest BCUT2D eigenvalue weighted by atomic mass is 10.1. The van der Waals surface area contributed by atoms with Crippen LogP contribution >= 0.6 is 23.4 Å². The van der Waals surface area contributed by atoms with E-state index in [1.807, 2.05) is 45.0 Å². The molecule has 148 valence electrons. The van der Waals surface area contributed by atoms with Crippen molar-refractivity contribution in [1.29, 1.82) is 5.26 Å². The van der Waals surface area contributed by atoms with Crippen LogP contribution in [0.3, 0.4) is 0 Å². The normalized spacial score (nSPS) is 10.6. The van der Waals surface area contributed by atoms with Crippen molar-refractivity contribution in [2.24, 2.45) is 0 Å². The second kappa shape index (κ2) is 9.12. The van der Waals surface area contributed by atoms with Crippen molar-refractivity contribution in [3.8, 4) is 6.07 Å². The van der Waals surface area contributed by atoms with Crippen molar-refractivity contribution in [3.05, 3.63) is 69.5 Å². The van der Waals surface area contributed by atoms with E-state index in [9.17, 15) is 10.1 Å². The first-order chi connectivity index (χ1) is 13.9. The van der Waals surface area contributed by atoms with E-state index in [4.69, 9.17) is 11.6 Å². The number of hydrogen-bond donors (Lipinski definition) is 1. The van der Waals surface area contributed by atoms with Gasteiger partial charge in [0.25, 0.3) is 0 Å². The molecule has 1 aromatic carbocycles. The number of halogens is 1. The summed E-state index contributed by atoms with van der Waals surface area (Å²) in [6.45, 7) is 6.20. The number of thioether (sulfide) groups is 1. The molecule has 0 spiro atoms. The second-order valence-corrected chi connectivity index (χ2v) is 7.91. The number of carbonyl (C=O) groups excluding carboxylic acids is 1. The van der Waals surface area contributed by atoms with E-state index in [-0.39, 0.29) is 11.7 Å². The Balaban J connectivity index is 1.68. The number of amides is 1. The number of anilines is 1. The highest BCUT2D eigenvalue weighted by atomic mass is 35.5. The van der Waals surface area contributed by atoms with Crippen molar-refractivity contribution in [1.82, 2.24) is 14.8 Å². The molecule has 0 bridgehead atoms. The Morgan fingerprint density at radius 2 is 2.00 bits per heavy atom. The third-order valence-corrected chi connectivity index (χ3v) is 6.02. The number of aromatic nitrogens is 3. The molecular weight excluding hydrogens is 406 g/mol. The molecule has 0 fully saturated rings. The molecule has 0 saturated carbocycles. The number of hydrogen-bond acceptors (Lipinski definition) is 5. The number of carbonyl (C=O) groups is 1. The van der Waals surface area contributed by atoms with Gasteiger partial charge in [0.15, 0.2) is 0 Å². The molecule has 2 heterocycles. The largest absolute Gasteiger partial charge is 0.310 e. The fraction of sp³-hybridized carbons (Fsp3) is 0.238. The summed E-state index contributed by atoms with van der Waals surface area (Å²) in [7, 11) is 0. The fourth-order valence-electron chi connectivity index (χ4n) is 2.81. The molecule has 0 radical (unpaired) electrons. The van der Waals surface area contributed by atoms with Crippen molar-refractivity contribution in [2.75, 3.05) is 11.1 Å². The summed E-state index contributed by atoms with van der Waals surface area (Å²) in [5, 5.41) is 17.8. The summed E-state index contributed by atoms with van der Waals surface area (Å²) < 4.78 is 1.68. The highest BCUT2D eigenvalue weighted by Crippen LogP contribution is 2.26. The van der Waals surface area contributed by atoms with Gasteiger partial charge in [0, 0.05) is 16.8 Å². The first-order valence-electron chi connectivity index (χ1n) is 8.96. The van der Waals surface area contributed by atoms with Gasteiger partial charge in [-0.15, -0.1) is 0 Å². The minimum absolute atomic E-state index is 0.140. The molecule has 2 aromatic heterocycles. The monoisotopic (exact) mass is 425 g/mol. The molecule has 0 atom stereocenters. The van der Waals surface area contributed by atoms with Gasteiger partial charge in [-0.05, 0) is 43.5 Å². The highest BCUT2D eigenvalue weighted by molar-refractivity contribution is 8.00. The van der Waals surface area contributed by atoms with E-state index in [2.05, 4.69) is 21.5 Å². The molecule has 29 heavy (non-hydrogen) atoms. The van der Waals surface area contributed by atoms with Crippen LogP contribution in [0.4, 0.5) is 5.82 Å². The first-order valence-corrected chi connectivity index (χ1v) is 10.3. The Hall–Kier alpha value is -2.82. The lowest BCUT2D eigenvalue weighted by Crippen LogP contribution is -2.18. The number of nitrogens with one attached hydrogen (secondary N) is 1. The van der Waals surface area contributed by atoms with E-state index in [0.29, 0.717) is 28.0 Å². The summed E-state index contributed by atoms with van der Waals surface area (Å²) in [5.41, 5.74) is 4.20. The van der Waals surface area contributed by atoms with Gasteiger partial charge in [-0.2, -0.15) is 10.4 Å². The lowest BCUT2D eigenvalue weighted by molar-refractivity contribution is -0.113. The first kappa shape index (κ1) is 20.9. The maximum atomic E-state index is 12.5. The summed E-state index contributed by atoms with van der Waals surface area (Å²) in [6.07, 6.45) is 1.63. The summed E-state index contributed by atoms with van der Waals surface area (Å²) in [6, 6.07) is 11.5. The van der Waals surface area contributed by atoms with Crippen LogP contribution in [0, 0.1) is 32.1 Å². The zero-order valence-corrected chi connectivity index (χ0v) is 17.9. The van der Waals surface area contributed by atoms with Gasteiger partial charge < -0.3 is 5.32 Å². The number of benzene rings is 1. The lowest BCUT2D eigenvalue weighted by Gasteiger charge is -2.12. The molecule has 0 aliphatic carbocycles. The molecule has 3 aromatic rings. The number of rotatable bonds is 6. The SMILES string of the molecule is Cc1nc(SCC(=O)Nc2ccnn2Cc2ccccc2Cl)c(C#N)c(C)c1C. The third-order valence-electron chi connectivity index (χ3n) is 4.68. The Bertz CT molecular complexity index is 1100. The van der Waals surface area contributed by atoms with Crippen LogP contribution in [0.1, 0.15) is 27.9 Å². The van der Waals surface area contributed by atoms with Crippen LogP contribution in [0.2, 0.25) is 5.02 Å². The summed E-state index contributed by atoms with van der Waals surface area (Å²) >= 11 is 7.47. The second-order valence-electron chi connectivity index (χ2n) is 6.54. The quantitative estimate of drug-likeness (QED) is 0.587. The maximum absolute atomic E-state index is 12.5. The Labute approximate surface area is 178 Å². The van der Waals surface area contributed by atoms with Crippen molar-refractivity contribution in [2.45, 2.75) is 32.3 Å². The molecule has 0 aliphatic heterocycles. The molecule has 6 nitrogen and oxygen atoms in total. The van der Waals surface area contributed by atoms with Crippen molar-refractivity contribution < 1.29 is 4.79 Å². The van der Waals surface area contributed by atoms with Gasteiger partial charge in [-0.3, -0.25) is 4.79 Å². The molecule has 3 rings (SSSR count). The van der Waals surface area contributed by atoms with Crippen LogP contribution in [-0.4, -0.2) is 26.4 Å². The third kappa shape index (κ3) is 4.78.